The second kappa shape index (κ2) is 11.5. The van der Waals surface area contributed by atoms with Crippen molar-refractivity contribution in [3.63, 3.8) is 0 Å². The predicted octanol–water partition coefficient (Wildman–Crippen LogP) is 6.96. The van der Waals surface area contributed by atoms with Crippen LogP contribution in [0, 0.1) is 0 Å². The van der Waals surface area contributed by atoms with E-state index in [0.717, 1.165) is 6.42 Å². The fourth-order valence-electron chi connectivity index (χ4n) is 5.14. The highest BCUT2D eigenvalue weighted by Gasteiger charge is 2.54. The van der Waals surface area contributed by atoms with Crippen LogP contribution in [0.2, 0.25) is 23.2 Å². The fraction of sp³-hybridized carbons (Fsp3) is 0.594. The Labute approximate surface area is 239 Å². The molecule has 0 N–H and O–H groups in total. The van der Waals surface area contributed by atoms with Gasteiger partial charge in [-0.2, -0.15) is 0 Å². The molecule has 39 heavy (non-hydrogen) atoms. The first-order valence-electron chi connectivity index (χ1n) is 14.3. The third-order valence-corrected chi connectivity index (χ3v) is 17.8. The summed E-state index contributed by atoms with van der Waals surface area (Å²) in [6.07, 6.45) is 0.281. The van der Waals surface area contributed by atoms with Gasteiger partial charge in [0.1, 0.15) is 5.60 Å². The summed E-state index contributed by atoms with van der Waals surface area (Å²) >= 11 is 0. The van der Waals surface area contributed by atoms with Crippen LogP contribution in [0.25, 0.3) is 0 Å². The second-order valence-corrected chi connectivity index (χ2v) is 23.5. The average molecular weight is 570 g/mol. The molecule has 0 saturated carbocycles. The Morgan fingerprint density at radius 3 is 1.72 bits per heavy atom. The SMILES string of the molecule is CC(C)(C)OC(=O)N1CC[C@@H](O[Si](c2ccccc2)(c2ccccc2)C(C)(C)C)[C@@H]1CO[Si](C)(C)C(C)(C)C. The Kier molecular flexibility index (Phi) is 9.32. The molecule has 1 fully saturated rings. The molecular formula is C32H51NO4Si2. The maximum atomic E-state index is 13.5. The third-order valence-electron chi connectivity index (χ3n) is 8.28. The number of hydrogen-bond acceptors (Lipinski definition) is 4. The molecule has 2 aromatic carbocycles. The van der Waals surface area contributed by atoms with Crippen molar-refractivity contribution in [2.24, 2.45) is 0 Å². The maximum absolute atomic E-state index is 13.5. The minimum absolute atomic E-state index is 0.0662. The summed E-state index contributed by atoms with van der Waals surface area (Å²) in [6.45, 7) is 24.9. The number of amides is 1. The van der Waals surface area contributed by atoms with Crippen LogP contribution in [0.4, 0.5) is 4.79 Å². The molecule has 7 heteroatoms. The molecule has 216 valence electrons. The molecule has 1 amide bonds. The minimum atomic E-state index is -2.80. The molecule has 0 aromatic heterocycles. The van der Waals surface area contributed by atoms with Gasteiger partial charge in [0, 0.05) is 6.54 Å². The summed E-state index contributed by atoms with van der Waals surface area (Å²) in [5, 5.41) is 2.39. The Balaban J connectivity index is 2.08. The zero-order chi connectivity index (χ0) is 29.3. The number of likely N-dealkylation sites (tertiary alicyclic amines) is 1. The van der Waals surface area contributed by atoms with Crippen LogP contribution in [-0.4, -0.2) is 58.5 Å². The summed E-state index contributed by atoms with van der Waals surface area (Å²) < 4.78 is 20.2. The third kappa shape index (κ3) is 7.05. The highest BCUT2D eigenvalue weighted by Crippen LogP contribution is 2.41. The molecule has 1 aliphatic heterocycles. The lowest BCUT2D eigenvalue weighted by molar-refractivity contribution is 0.00924. The number of carbonyl (C=O) groups is 1. The normalized spacial score (nSPS) is 19.3. The van der Waals surface area contributed by atoms with Crippen molar-refractivity contribution in [2.75, 3.05) is 13.2 Å². The van der Waals surface area contributed by atoms with Crippen molar-refractivity contribution in [2.45, 2.75) is 110 Å². The number of carbonyl (C=O) groups excluding carboxylic acids is 1. The number of benzene rings is 2. The van der Waals surface area contributed by atoms with E-state index in [1.165, 1.54) is 10.4 Å². The van der Waals surface area contributed by atoms with Gasteiger partial charge in [0.05, 0.1) is 18.8 Å². The molecule has 1 heterocycles. The predicted molar refractivity (Wildman–Crippen MR) is 167 cm³/mol. The van der Waals surface area contributed by atoms with E-state index in [1.807, 2.05) is 25.7 Å². The molecule has 1 saturated heterocycles. The van der Waals surface area contributed by atoms with Crippen LogP contribution in [-0.2, 0) is 13.6 Å². The van der Waals surface area contributed by atoms with Crippen molar-refractivity contribution in [1.29, 1.82) is 0 Å². The summed E-state index contributed by atoms with van der Waals surface area (Å²) in [6, 6.07) is 21.2. The van der Waals surface area contributed by atoms with Gasteiger partial charge >= 0.3 is 6.09 Å². The Hall–Kier alpha value is -1.94. The monoisotopic (exact) mass is 569 g/mol. The van der Waals surface area contributed by atoms with E-state index in [2.05, 4.69) is 115 Å². The van der Waals surface area contributed by atoms with E-state index >= 15 is 0 Å². The quantitative estimate of drug-likeness (QED) is 0.338. The summed E-state index contributed by atoms with van der Waals surface area (Å²) in [7, 11) is -4.86. The average Bonchev–Trinajstić information content (AvgIpc) is 3.22. The smallest absolute Gasteiger partial charge is 0.410 e. The number of nitrogens with zero attached hydrogens (tertiary/aromatic N) is 1. The van der Waals surface area contributed by atoms with Crippen LogP contribution in [0.3, 0.4) is 0 Å². The van der Waals surface area contributed by atoms with Gasteiger partial charge in [0.2, 0.25) is 0 Å². The van der Waals surface area contributed by atoms with E-state index < -0.39 is 22.2 Å². The standard InChI is InChI=1S/C32H51NO4Si2/c1-30(2,3)36-29(34)33-23-22-28(27(33)24-35-38(10,11)31(4,5)6)37-39(32(7,8)9,25-18-14-12-15-19-25)26-20-16-13-17-21-26/h12-21,27-28H,22-24H2,1-11H3/t27-,28+/m0/s1. The zero-order valence-electron chi connectivity index (χ0n) is 26.1. The van der Waals surface area contributed by atoms with Crippen molar-refractivity contribution < 1.29 is 18.4 Å². The first-order valence-corrected chi connectivity index (χ1v) is 19.1. The molecule has 0 unspecified atom stereocenters. The molecule has 2 atom stereocenters. The first kappa shape index (κ1) is 31.6. The van der Waals surface area contributed by atoms with Crippen molar-refractivity contribution in [3.05, 3.63) is 60.7 Å². The van der Waals surface area contributed by atoms with Crippen molar-refractivity contribution >= 4 is 33.1 Å². The van der Waals surface area contributed by atoms with Gasteiger partial charge in [-0.15, -0.1) is 0 Å². The van der Waals surface area contributed by atoms with Crippen LogP contribution >= 0.6 is 0 Å². The topological polar surface area (TPSA) is 48.0 Å². The van der Waals surface area contributed by atoms with E-state index in [9.17, 15) is 4.79 Å². The summed E-state index contributed by atoms with van der Waals surface area (Å²) in [5.74, 6) is 0. The molecule has 5 nitrogen and oxygen atoms in total. The van der Waals surface area contributed by atoms with Gasteiger partial charge in [0.25, 0.3) is 8.32 Å². The molecular weight excluding hydrogens is 519 g/mol. The van der Waals surface area contributed by atoms with Crippen LogP contribution in [0.15, 0.2) is 60.7 Å². The van der Waals surface area contributed by atoms with Gasteiger partial charge in [-0.25, -0.2) is 4.79 Å². The fourth-order valence-corrected chi connectivity index (χ4v) is 10.9. The number of rotatable bonds is 7. The van der Waals surface area contributed by atoms with Crippen LogP contribution in [0.5, 0.6) is 0 Å². The van der Waals surface area contributed by atoms with E-state index in [0.29, 0.717) is 13.2 Å². The van der Waals surface area contributed by atoms with Crippen LogP contribution in [0.1, 0.15) is 68.7 Å². The van der Waals surface area contributed by atoms with Crippen molar-refractivity contribution in [3.8, 4) is 0 Å². The lowest BCUT2D eigenvalue weighted by Gasteiger charge is -2.46. The first-order chi connectivity index (χ1) is 17.9. The molecule has 0 spiro atoms. The number of hydrogen-bond donors (Lipinski definition) is 0. The maximum Gasteiger partial charge on any atom is 0.410 e. The summed E-state index contributed by atoms with van der Waals surface area (Å²) in [4.78, 5) is 15.3. The Morgan fingerprint density at radius 2 is 1.31 bits per heavy atom. The van der Waals surface area contributed by atoms with E-state index in [1.54, 1.807) is 0 Å². The molecule has 0 radical (unpaired) electrons. The Morgan fingerprint density at radius 1 is 0.821 bits per heavy atom. The molecule has 3 rings (SSSR count). The second-order valence-electron chi connectivity index (χ2n) is 14.4. The van der Waals surface area contributed by atoms with Crippen molar-refractivity contribution in [1.82, 2.24) is 4.90 Å². The minimum Gasteiger partial charge on any atom is -0.444 e. The van der Waals surface area contributed by atoms with Gasteiger partial charge in [-0.1, -0.05) is 102 Å². The van der Waals surface area contributed by atoms with Gasteiger partial charge in [-0.05, 0) is 60.7 Å². The molecule has 0 aliphatic carbocycles. The molecule has 2 aromatic rings. The number of ether oxygens (including phenoxy) is 1. The van der Waals surface area contributed by atoms with Crippen LogP contribution < -0.4 is 10.4 Å². The lowest BCUT2D eigenvalue weighted by Crippen LogP contribution is -2.68. The largest absolute Gasteiger partial charge is 0.444 e. The highest BCUT2D eigenvalue weighted by atomic mass is 28.4. The van der Waals surface area contributed by atoms with Gasteiger partial charge in [0.15, 0.2) is 8.32 Å². The van der Waals surface area contributed by atoms with Gasteiger partial charge < -0.3 is 18.5 Å². The Bertz CT molecular complexity index is 1050. The van der Waals surface area contributed by atoms with Gasteiger partial charge in [-0.3, -0.25) is 0 Å². The van der Waals surface area contributed by atoms with E-state index in [4.69, 9.17) is 13.6 Å². The lowest BCUT2D eigenvalue weighted by atomic mass is 10.2. The summed E-state index contributed by atoms with van der Waals surface area (Å²) in [5.41, 5.74) is -0.571. The zero-order valence-corrected chi connectivity index (χ0v) is 28.1. The highest BCUT2D eigenvalue weighted by molar-refractivity contribution is 6.99. The van der Waals surface area contributed by atoms with E-state index in [-0.39, 0.29) is 28.3 Å². The molecule has 1 aliphatic rings. The molecule has 0 bridgehead atoms.